The van der Waals surface area contributed by atoms with Crippen molar-refractivity contribution in [1.82, 2.24) is 4.90 Å². The minimum absolute atomic E-state index is 0.224. The van der Waals surface area contributed by atoms with Gasteiger partial charge in [0.25, 0.3) is 5.91 Å². The fourth-order valence-electron chi connectivity index (χ4n) is 2.54. The molecule has 0 saturated carbocycles. The third-order valence-corrected chi connectivity index (χ3v) is 4.03. The molecule has 0 aromatic heterocycles. The van der Waals surface area contributed by atoms with Crippen molar-refractivity contribution in [2.24, 2.45) is 0 Å². The van der Waals surface area contributed by atoms with E-state index >= 15 is 0 Å². The predicted octanol–water partition coefficient (Wildman–Crippen LogP) is 4.60. The number of anilines is 1. The Morgan fingerprint density at radius 3 is 2.34 bits per heavy atom. The van der Waals surface area contributed by atoms with Gasteiger partial charge >= 0.3 is 6.09 Å². The van der Waals surface area contributed by atoms with E-state index in [1.54, 1.807) is 20.0 Å². The molecule has 1 unspecified atom stereocenters. The van der Waals surface area contributed by atoms with Gasteiger partial charge in [0, 0.05) is 19.3 Å². The molecule has 2 rings (SSSR count). The van der Waals surface area contributed by atoms with Gasteiger partial charge in [0.15, 0.2) is 0 Å². The number of ether oxygens (including phenoxy) is 2. The lowest BCUT2D eigenvalue weighted by Crippen LogP contribution is -2.33. The van der Waals surface area contributed by atoms with Crippen molar-refractivity contribution in [2.75, 3.05) is 12.4 Å². The molecule has 0 aliphatic carbocycles. The van der Waals surface area contributed by atoms with Crippen molar-refractivity contribution in [3.05, 3.63) is 65.7 Å². The number of rotatable bonds is 7. The number of benzene rings is 2. The Labute approximate surface area is 172 Å². The number of carbonyl (C=O) groups is 2. The highest BCUT2D eigenvalue weighted by molar-refractivity contribution is 5.93. The monoisotopic (exact) mass is 398 g/mol. The number of nitrogens with one attached hydrogen (secondary N) is 1. The van der Waals surface area contributed by atoms with Gasteiger partial charge in [-0.2, -0.15) is 0 Å². The molecule has 0 aliphatic rings. The molecule has 0 saturated heterocycles. The zero-order chi connectivity index (χ0) is 21.4. The van der Waals surface area contributed by atoms with E-state index < -0.39 is 17.8 Å². The average Bonchev–Trinajstić information content (AvgIpc) is 2.65. The summed E-state index contributed by atoms with van der Waals surface area (Å²) in [5.41, 5.74) is 2.01. The van der Waals surface area contributed by atoms with Crippen LogP contribution in [0.5, 0.6) is 0 Å². The number of amides is 2. The summed E-state index contributed by atoms with van der Waals surface area (Å²) < 4.78 is 11.0. The van der Waals surface area contributed by atoms with Gasteiger partial charge in [-0.1, -0.05) is 42.5 Å². The van der Waals surface area contributed by atoms with Gasteiger partial charge in [-0.15, -0.1) is 0 Å². The van der Waals surface area contributed by atoms with Crippen LogP contribution in [0.15, 0.2) is 54.6 Å². The van der Waals surface area contributed by atoms with Gasteiger partial charge in [0.05, 0.1) is 6.61 Å². The molecule has 0 radical (unpaired) electrons. The zero-order valence-electron chi connectivity index (χ0n) is 17.8. The lowest BCUT2D eigenvalue weighted by Gasteiger charge is -2.24. The summed E-state index contributed by atoms with van der Waals surface area (Å²) in [4.78, 5) is 26.0. The molecule has 1 N–H and O–H groups in total. The Balaban J connectivity index is 1.89. The first-order chi connectivity index (χ1) is 13.6. The summed E-state index contributed by atoms with van der Waals surface area (Å²) >= 11 is 0. The molecule has 0 aliphatic heterocycles. The van der Waals surface area contributed by atoms with E-state index in [0.29, 0.717) is 18.8 Å². The van der Waals surface area contributed by atoms with Crippen LogP contribution < -0.4 is 5.32 Å². The van der Waals surface area contributed by atoms with Crippen molar-refractivity contribution in [3.63, 3.8) is 0 Å². The molecule has 6 heteroatoms. The van der Waals surface area contributed by atoms with Crippen LogP contribution in [-0.2, 0) is 27.4 Å². The second-order valence-electron chi connectivity index (χ2n) is 7.96. The summed E-state index contributed by atoms with van der Waals surface area (Å²) in [6, 6.07) is 17.1. The van der Waals surface area contributed by atoms with E-state index in [2.05, 4.69) is 5.32 Å². The molecule has 0 fully saturated rings. The van der Waals surface area contributed by atoms with Crippen LogP contribution in [0.2, 0.25) is 0 Å². The van der Waals surface area contributed by atoms with Crippen LogP contribution in [0, 0.1) is 0 Å². The van der Waals surface area contributed by atoms with Crippen molar-refractivity contribution in [2.45, 2.75) is 52.6 Å². The maximum absolute atomic E-state index is 12.4. The summed E-state index contributed by atoms with van der Waals surface area (Å²) in [7, 11) is 1.68. The molecule has 29 heavy (non-hydrogen) atoms. The molecule has 156 valence electrons. The second kappa shape index (κ2) is 10.1. The van der Waals surface area contributed by atoms with Crippen LogP contribution in [-0.4, -0.2) is 35.7 Å². The largest absolute Gasteiger partial charge is 0.444 e. The van der Waals surface area contributed by atoms with Crippen molar-refractivity contribution >= 4 is 17.7 Å². The number of hydrogen-bond donors (Lipinski definition) is 1. The fourth-order valence-corrected chi connectivity index (χ4v) is 2.54. The maximum Gasteiger partial charge on any atom is 0.410 e. The first kappa shape index (κ1) is 22.4. The van der Waals surface area contributed by atoms with Crippen LogP contribution in [0.4, 0.5) is 10.5 Å². The van der Waals surface area contributed by atoms with Crippen LogP contribution in [0.1, 0.15) is 38.8 Å². The Hall–Kier alpha value is -2.86. The highest BCUT2D eigenvalue weighted by atomic mass is 16.6. The first-order valence-electron chi connectivity index (χ1n) is 9.63. The summed E-state index contributed by atoms with van der Waals surface area (Å²) in [6.07, 6.45) is -0.988. The van der Waals surface area contributed by atoms with Crippen LogP contribution in [0.25, 0.3) is 0 Å². The predicted molar refractivity (Wildman–Crippen MR) is 113 cm³/mol. The quantitative estimate of drug-likeness (QED) is 0.740. The molecule has 2 amide bonds. The van der Waals surface area contributed by atoms with Crippen molar-refractivity contribution < 1.29 is 19.1 Å². The topological polar surface area (TPSA) is 67.9 Å². The van der Waals surface area contributed by atoms with Gasteiger partial charge in [0.1, 0.15) is 11.7 Å². The third-order valence-electron chi connectivity index (χ3n) is 4.03. The molecule has 1 atom stereocenters. The first-order valence-corrected chi connectivity index (χ1v) is 9.63. The Kier molecular flexibility index (Phi) is 7.79. The highest BCUT2D eigenvalue weighted by Crippen LogP contribution is 2.15. The Morgan fingerprint density at radius 2 is 1.69 bits per heavy atom. The molecular formula is C23H30N2O4. The minimum atomic E-state index is -0.594. The Bertz CT molecular complexity index is 815. The van der Waals surface area contributed by atoms with E-state index in [0.717, 1.165) is 11.1 Å². The minimum Gasteiger partial charge on any atom is -0.444 e. The third kappa shape index (κ3) is 7.95. The van der Waals surface area contributed by atoms with Crippen molar-refractivity contribution in [3.8, 4) is 0 Å². The highest BCUT2D eigenvalue weighted by Gasteiger charge is 2.20. The van der Waals surface area contributed by atoms with Gasteiger partial charge < -0.3 is 19.7 Å². The number of carbonyl (C=O) groups excluding carboxylic acids is 2. The molecule has 0 spiro atoms. The normalized spacial score (nSPS) is 12.2. The standard InChI is InChI=1S/C23H30N2O4/c1-17(28-16-18-10-7-6-8-11-18)21(26)24-20-13-9-12-19(14-20)15-25(5)22(27)29-23(2,3)4/h6-14,17H,15-16H2,1-5H3,(H,24,26). The molecule has 0 heterocycles. The second-order valence-corrected chi connectivity index (χ2v) is 7.96. The summed E-state index contributed by atoms with van der Waals surface area (Å²) in [5.74, 6) is -0.224. The van der Waals surface area contributed by atoms with Crippen molar-refractivity contribution in [1.29, 1.82) is 0 Å². The SMILES string of the molecule is CC(OCc1ccccc1)C(=O)Nc1cccc(CN(C)C(=O)OC(C)(C)C)c1. The van der Waals surface area contributed by atoms with Gasteiger partial charge in [-0.25, -0.2) is 4.79 Å². The molecule has 0 bridgehead atoms. The number of hydrogen-bond acceptors (Lipinski definition) is 4. The zero-order valence-corrected chi connectivity index (χ0v) is 17.8. The Morgan fingerprint density at radius 1 is 1.03 bits per heavy atom. The molecule has 6 nitrogen and oxygen atoms in total. The maximum atomic E-state index is 12.4. The summed E-state index contributed by atoms with van der Waals surface area (Å²) in [6.45, 7) is 7.95. The lowest BCUT2D eigenvalue weighted by molar-refractivity contribution is -0.127. The van der Waals surface area contributed by atoms with Gasteiger partial charge in [0.2, 0.25) is 0 Å². The molecular weight excluding hydrogens is 368 g/mol. The number of nitrogens with zero attached hydrogens (tertiary/aromatic N) is 1. The van der Waals surface area contributed by atoms with E-state index in [1.807, 2.05) is 69.3 Å². The lowest BCUT2D eigenvalue weighted by atomic mass is 10.2. The van der Waals surface area contributed by atoms with Crippen LogP contribution >= 0.6 is 0 Å². The fraction of sp³-hybridized carbons (Fsp3) is 0.391. The van der Waals surface area contributed by atoms with E-state index in [1.165, 1.54) is 4.90 Å². The molecule has 2 aromatic rings. The van der Waals surface area contributed by atoms with E-state index in [-0.39, 0.29) is 5.91 Å². The average molecular weight is 399 g/mol. The van der Waals surface area contributed by atoms with Gasteiger partial charge in [-0.05, 0) is 51.0 Å². The molecule has 2 aromatic carbocycles. The van der Waals surface area contributed by atoms with Gasteiger partial charge in [-0.3, -0.25) is 4.79 Å². The smallest absolute Gasteiger partial charge is 0.410 e. The van der Waals surface area contributed by atoms with Crippen LogP contribution in [0.3, 0.4) is 0 Å². The van der Waals surface area contributed by atoms with E-state index in [9.17, 15) is 9.59 Å². The summed E-state index contributed by atoms with van der Waals surface area (Å²) in [5, 5.41) is 2.86. The van der Waals surface area contributed by atoms with E-state index in [4.69, 9.17) is 9.47 Å².